The Morgan fingerprint density at radius 3 is 2.85 bits per heavy atom. The van der Waals surface area contributed by atoms with Gasteiger partial charge >= 0.3 is 6.09 Å². The van der Waals surface area contributed by atoms with E-state index in [0.29, 0.717) is 5.82 Å². The summed E-state index contributed by atoms with van der Waals surface area (Å²) in [7, 11) is 0. The molecule has 2 aromatic rings. The number of carbonyl (C=O) groups excluding carboxylic acids is 1. The number of hydroxylamine groups is 1. The third kappa shape index (κ3) is 2.62. The number of benzene rings is 1. The van der Waals surface area contributed by atoms with E-state index in [1.807, 2.05) is 26.0 Å². The van der Waals surface area contributed by atoms with Crippen molar-refractivity contribution in [3.8, 4) is 0 Å². The Morgan fingerprint density at radius 1 is 1.40 bits per heavy atom. The lowest BCUT2D eigenvalue weighted by molar-refractivity contribution is -0.0528. The summed E-state index contributed by atoms with van der Waals surface area (Å²) in [6, 6.07) is 3.81. The second-order valence-corrected chi connectivity index (χ2v) is 4.25. The number of carbonyl (C=O) groups is 1. The Hall–Kier alpha value is -2.41. The maximum absolute atomic E-state index is 11.4. The maximum atomic E-state index is 11.4. The predicted octanol–water partition coefficient (Wildman–Crippen LogP) is 2.42. The SMILES string of the molecule is CCOC(=O)N(O)Nc1ncnc2ccc(C)c(C)c12. The van der Waals surface area contributed by atoms with Gasteiger partial charge in [-0.2, -0.15) is 0 Å². The Labute approximate surface area is 116 Å². The molecule has 0 bridgehead atoms. The van der Waals surface area contributed by atoms with Crippen LogP contribution in [0.3, 0.4) is 0 Å². The zero-order valence-corrected chi connectivity index (χ0v) is 11.5. The highest BCUT2D eigenvalue weighted by molar-refractivity contribution is 5.92. The van der Waals surface area contributed by atoms with Gasteiger partial charge in [0, 0.05) is 5.39 Å². The Bertz CT molecular complexity index is 645. The highest BCUT2D eigenvalue weighted by atomic mass is 16.6. The first-order valence-electron chi connectivity index (χ1n) is 6.18. The molecule has 0 aliphatic heterocycles. The first-order valence-corrected chi connectivity index (χ1v) is 6.18. The minimum Gasteiger partial charge on any atom is -0.447 e. The predicted molar refractivity (Wildman–Crippen MR) is 73.3 cm³/mol. The summed E-state index contributed by atoms with van der Waals surface area (Å²) in [4.78, 5) is 19.6. The summed E-state index contributed by atoms with van der Waals surface area (Å²) in [5, 5.41) is 10.6. The molecule has 1 aromatic carbocycles. The van der Waals surface area contributed by atoms with Crippen molar-refractivity contribution < 1.29 is 14.7 Å². The summed E-state index contributed by atoms with van der Waals surface area (Å²) < 4.78 is 4.67. The molecular formula is C13H16N4O3. The van der Waals surface area contributed by atoms with E-state index in [1.54, 1.807) is 6.92 Å². The molecule has 1 heterocycles. The quantitative estimate of drug-likeness (QED) is 0.661. The molecule has 2 rings (SSSR count). The molecule has 0 saturated carbocycles. The Balaban J connectivity index is 2.40. The molecule has 0 unspecified atom stereocenters. The largest absolute Gasteiger partial charge is 0.453 e. The number of aryl methyl sites for hydroxylation is 2. The summed E-state index contributed by atoms with van der Waals surface area (Å²) in [5.74, 6) is 0.340. The van der Waals surface area contributed by atoms with Gasteiger partial charge in [0.25, 0.3) is 0 Å². The summed E-state index contributed by atoms with van der Waals surface area (Å²) >= 11 is 0. The smallest absolute Gasteiger partial charge is 0.447 e. The van der Waals surface area contributed by atoms with Crippen molar-refractivity contribution in [2.24, 2.45) is 0 Å². The van der Waals surface area contributed by atoms with E-state index in [0.717, 1.165) is 22.0 Å². The van der Waals surface area contributed by atoms with Gasteiger partial charge < -0.3 is 4.74 Å². The van der Waals surface area contributed by atoms with Gasteiger partial charge in [0.15, 0.2) is 5.82 Å². The average molecular weight is 276 g/mol. The number of fused-ring (bicyclic) bond motifs is 1. The van der Waals surface area contributed by atoms with Gasteiger partial charge in [0.2, 0.25) is 0 Å². The minimum atomic E-state index is -0.899. The highest BCUT2D eigenvalue weighted by Gasteiger charge is 2.15. The molecule has 0 spiro atoms. The van der Waals surface area contributed by atoms with Crippen LogP contribution in [-0.2, 0) is 4.74 Å². The molecule has 0 aliphatic carbocycles. The number of hydrogen-bond donors (Lipinski definition) is 2. The first kappa shape index (κ1) is 14.0. The molecular weight excluding hydrogens is 260 g/mol. The van der Waals surface area contributed by atoms with Crippen molar-refractivity contribution in [2.75, 3.05) is 12.0 Å². The van der Waals surface area contributed by atoms with Crippen LogP contribution in [0.25, 0.3) is 10.9 Å². The van der Waals surface area contributed by atoms with Crippen molar-refractivity contribution >= 4 is 22.8 Å². The molecule has 0 saturated heterocycles. The highest BCUT2D eigenvalue weighted by Crippen LogP contribution is 2.25. The summed E-state index contributed by atoms with van der Waals surface area (Å²) in [5.41, 5.74) is 5.27. The van der Waals surface area contributed by atoms with Crippen LogP contribution in [0.2, 0.25) is 0 Å². The van der Waals surface area contributed by atoms with Gasteiger partial charge in [0.1, 0.15) is 6.33 Å². The molecule has 0 atom stereocenters. The second-order valence-electron chi connectivity index (χ2n) is 4.25. The number of anilines is 1. The van der Waals surface area contributed by atoms with Crippen LogP contribution >= 0.6 is 0 Å². The lowest BCUT2D eigenvalue weighted by Gasteiger charge is -2.17. The second kappa shape index (κ2) is 5.70. The number of ether oxygens (including phenoxy) is 1. The zero-order chi connectivity index (χ0) is 14.7. The van der Waals surface area contributed by atoms with Crippen molar-refractivity contribution in [2.45, 2.75) is 20.8 Å². The van der Waals surface area contributed by atoms with E-state index in [2.05, 4.69) is 20.1 Å². The number of hydrogen-bond acceptors (Lipinski definition) is 6. The topological polar surface area (TPSA) is 87.6 Å². The van der Waals surface area contributed by atoms with Crippen LogP contribution in [0.5, 0.6) is 0 Å². The number of aromatic nitrogens is 2. The van der Waals surface area contributed by atoms with Gasteiger partial charge in [-0.3, -0.25) is 10.6 Å². The van der Waals surface area contributed by atoms with Crippen LogP contribution in [0.1, 0.15) is 18.1 Å². The molecule has 106 valence electrons. The van der Waals surface area contributed by atoms with Crippen LogP contribution in [-0.4, -0.2) is 33.0 Å². The minimum absolute atomic E-state index is 0.167. The fourth-order valence-electron chi connectivity index (χ4n) is 1.84. The Morgan fingerprint density at radius 2 is 2.15 bits per heavy atom. The van der Waals surface area contributed by atoms with E-state index >= 15 is 0 Å². The number of nitrogens with one attached hydrogen (secondary N) is 1. The van der Waals surface area contributed by atoms with Crippen molar-refractivity contribution in [3.05, 3.63) is 29.6 Å². The molecule has 1 aromatic heterocycles. The lowest BCUT2D eigenvalue weighted by atomic mass is 10.0. The Kier molecular flexibility index (Phi) is 3.99. The summed E-state index contributed by atoms with van der Waals surface area (Å²) in [6.07, 6.45) is 0.461. The van der Waals surface area contributed by atoms with Gasteiger partial charge in [-0.25, -0.2) is 14.8 Å². The van der Waals surface area contributed by atoms with Gasteiger partial charge in [-0.05, 0) is 38.0 Å². The standard InChI is InChI=1S/C13H16N4O3/c1-4-20-13(18)17(19)16-12-11-9(3)8(2)5-6-10(11)14-7-15-12/h5-7,19H,4H2,1-3H3,(H,14,15,16). The molecule has 0 radical (unpaired) electrons. The molecule has 0 aliphatic rings. The molecule has 0 fully saturated rings. The van der Waals surface area contributed by atoms with Gasteiger partial charge in [-0.1, -0.05) is 11.2 Å². The van der Waals surface area contributed by atoms with E-state index in [4.69, 9.17) is 0 Å². The number of rotatable bonds is 3. The molecule has 1 amide bonds. The van der Waals surface area contributed by atoms with Gasteiger partial charge in [-0.15, -0.1) is 0 Å². The zero-order valence-electron chi connectivity index (χ0n) is 11.5. The number of hydrazine groups is 1. The van der Waals surface area contributed by atoms with Crippen LogP contribution in [0, 0.1) is 13.8 Å². The van der Waals surface area contributed by atoms with Crippen LogP contribution < -0.4 is 5.43 Å². The normalized spacial score (nSPS) is 10.4. The monoisotopic (exact) mass is 276 g/mol. The van der Waals surface area contributed by atoms with Crippen molar-refractivity contribution in [3.63, 3.8) is 0 Å². The maximum Gasteiger partial charge on any atom is 0.453 e. The fourth-order valence-corrected chi connectivity index (χ4v) is 1.84. The van der Waals surface area contributed by atoms with Crippen LogP contribution in [0.15, 0.2) is 18.5 Å². The first-order chi connectivity index (χ1) is 9.54. The van der Waals surface area contributed by atoms with E-state index in [1.165, 1.54) is 6.33 Å². The van der Waals surface area contributed by atoms with E-state index < -0.39 is 6.09 Å². The third-order valence-corrected chi connectivity index (χ3v) is 2.99. The molecule has 7 nitrogen and oxygen atoms in total. The molecule has 7 heteroatoms. The van der Waals surface area contributed by atoms with Gasteiger partial charge in [0.05, 0.1) is 12.1 Å². The molecule has 20 heavy (non-hydrogen) atoms. The lowest BCUT2D eigenvalue weighted by Crippen LogP contribution is -2.34. The van der Waals surface area contributed by atoms with E-state index in [9.17, 15) is 10.0 Å². The molecule has 2 N–H and O–H groups in total. The third-order valence-electron chi connectivity index (χ3n) is 2.99. The number of nitrogens with zero attached hydrogens (tertiary/aromatic N) is 3. The summed E-state index contributed by atoms with van der Waals surface area (Å²) in [6.45, 7) is 5.71. The van der Waals surface area contributed by atoms with Crippen molar-refractivity contribution in [1.82, 2.24) is 15.1 Å². The van der Waals surface area contributed by atoms with Crippen molar-refractivity contribution in [1.29, 1.82) is 0 Å². The van der Waals surface area contributed by atoms with E-state index in [-0.39, 0.29) is 11.8 Å². The number of amides is 1. The average Bonchev–Trinajstić information content (AvgIpc) is 2.43. The van der Waals surface area contributed by atoms with Crippen LogP contribution in [0.4, 0.5) is 10.6 Å². The fraction of sp³-hybridized carbons (Fsp3) is 0.308.